The number of hydrogen-bond acceptors (Lipinski definition) is 7. The van der Waals surface area contributed by atoms with E-state index in [9.17, 15) is 31.9 Å². The molecule has 0 bridgehead atoms. The molecular formula is C43H37F5N6O5S. The molecule has 2 aliphatic heterocycles. The fourth-order valence-corrected chi connectivity index (χ4v) is 7.85. The van der Waals surface area contributed by atoms with Crippen LogP contribution in [-0.2, 0) is 33.5 Å². The van der Waals surface area contributed by atoms with Crippen molar-refractivity contribution in [1.82, 2.24) is 15.6 Å². The fourth-order valence-electron chi connectivity index (χ4n) is 7.33. The molecule has 5 aromatic rings. The Morgan fingerprint density at radius 2 is 1.73 bits per heavy atom. The molecule has 11 nitrogen and oxygen atoms in total. The van der Waals surface area contributed by atoms with E-state index >= 15 is 4.39 Å². The molecule has 60 heavy (non-hydrogen) atoms. The van der Waals surface area contributed by atoms with Crippen LogP contribution in [0.5, 0.6) is 5.75 Å². The van der Waals surface area contributed by atoms with Gasteiger partial charge < -0.3 is 30.0 Å². The third-order valence-corrected chi connectivity index (χ3v) is 10.7. The molecule has 3 amide bonds. The normalized spacial score (nSPS) is 14.9. The summed E-state index contributed by atoms with van der Waals surface area (Å²) < 4.78 is 81.6. The lowest BCUT2D eigenvalue weighted by molar-refractivity contribution is -0.137. The number of amides is 3. The van der Waals surface area contributed by atoms with E-state index in [1.165, 1.54) is 55.1 Å². The number of H-pyrrole nitrogens is 1. The Balaban J connectivity index is 0.854. The summed E-state index contributed by atoms with van der Waals surface area (Å²) >= 11 is 5.52. The van der Waals surface area contributed by atoms with E-state index in [4.69, 9.17) is 27.0 Å². The number of aromatic nitrogens is 1. The maximum absolute atomic E-state index is 15.3. The molecule has 3 heterocycles. The van der Waals surface area contributed by atoms with E-state index < -0.39 is 40.4 Å². The Hall–Kier alpha value is -6.38. The van der Waals surface area contributed by atoms with Gasteiger partial charge in [0.15, 0.2) is 16.7 Å². The van der Waals surface area contributed by atoms with Crippen LogP contribution in [0.4, 0.5) is 33.3 Å². The van der Waals surface area contributed by atoms with Gasteiger partial charge in [-0.2, -0.15) is 18.4 Å². The van der Waals surface area contributed by atoms with Crippen LogP contribution in [-0.4, -0.2) is 59.7 Å². The number of ether oxygens (including phenoxy) is 2. The third-order valence-electron chi connectivity index (χ3n) is 10.3. The molecule has 1 fully saturated rings. The van der Waals surface area contributed by atoms with Crippen LogP contribution in [0, 0.1) is 23.0 Å². The second kappa shape index (κ2) is 16.7. The molecule has 1 aromatic heterocycles. The van der Waals surface area contributed by atoms with Gasteiger partial charge in [0.2, 0.25) is 5.91 Å². The number of anilines is 2. The Bertz CT molecular complexity index is 2570. The van der Waals surface area contributed by atoms with Gasteiger partial charge in [0.05, 0.1) is 41.7 Å². The van der Waals surface area contributed by atoms with E-state index in [1.807, 2.05) is 24.3 Å². The van der Waals surface area contributed by atoms with Crippen molar-refractivity contribution < 1.29 is 45.8 Å². The molecule has 0 saturated carbocycles. The second-order valence-electron chi connectivity index (χ2n) is 14.7. The fraction of sp³-hybridized carbons (Fsp3) is 0.279. The molecule has 2 aliphatic rings. The number of carbonyl (C=O) groups is 3. The van der Waals surface area contributed by atoms with E-state index in [2.05, 4.69) is 15.6 Å². The minimum atomic E-state index is -4.85. The number of carbonyl (C=O) groups excluding carboxylic acids is 3. The number of aromatic amines is 1. The molecule has 0 unspecified atom stereocenters. The van der Waals surface area contributed by atoms with Gasteiger partial charge in [-0.05, 0) is 91.6 Å². The summed E-state index contributed by atoms with van der Waals surface area (Å²) in [6, 6.07) is 18.5. The first kappa shape index (κ1) is 41.8. The third kappa shape index (κ3) is 8.25. The average molecular weight is 845 g/mol. The molecule has 4 aromatic carbocycles. The van der Waals surface area contributed by atoms with Crippen LogP contribution in [0.3, 0.4) is 0 Å². The van der Waals surface area contributed by atoms with Gasteiger partial charge in [0.25, 0.3) is 11.8 Å². The molecule has 3 N–H and O–H groups in total. The zero-order valence-electron chi connectivity index (χ0n) is 32.3. The maximum atomic E-state index is 15.3. The predicted molar refractivity (Wildman–Crippen MR) is 216 cm³/mol. The summed E-state index contributed by atoms with van der Waals surface area (Å²) in [4.78, 5) is 44.0. The largest absolute Gasteiger partial charge is 0.490 e. The van der Waals surface area contributed by atoms with E-state index in [-0.39, 0.29) is 60.3 Å². The minimum Gasteiger partial charge on any atom is -0.490 e. The topological polar surface area (TPSA) is 140 Å². The maximum Gasteiger partial charge on any atom is 0.417 e. The number of nitrogens with one attached hydrogen (secondary N) is 3. The standard InChI is InChI=1S/C43H37F5N6O5S/c1-42(2)40(57)53(28-9-8-26(22-49)32(20-28)43(46,47)48)41(60)54(42)29-10-11-35(33(45)21-29)59-16-3-15-58-17-13-36(55)51-23-24-4-6-25(7-5-24)38-30-12-14-50-39(56)31-18-27(44)19-34(52-38)37(30)31/h4-11,18-21,52H,3,12-17,23H2,1-2H3,(H,50,56)(H,51,55). The first-order chi connectivity index (χ1) is 28.6. The summed E-state index contributed by atoms with van der Waals surface area (Å²) in [7, 11) is 0. The molecule has 17 heteroatoms. The van der Waals surface area contributed by atoms with Crippen molar-refractivity contribution in [2.45, 2.75) is 51.4 Å². The molecule has 0 radical (unpaired) electrons. The molecule has 310 valence electrons. The number of hydrogen-bond donors (Lipinski definition) is 3. The van der Waals surface area contributed by atoms with Crippen LogP contribution in [0.15, 0.2) is 72.8 Å². The van der Waals surface area contributed by atoms with Crippen molar-refractivity contribution in [3.8, 4) is 23.1 Å². The van der Waals surface area contributed by atoms with Gasteiger partial charge in [-0.3, -0.25) is 19.3 Å². The number of halogens is 5. The number of nitrogens with zero attached hydrogens (tertiary/aromatic N) is 3. The lowest BCUT2D eigenvalue weighted by atomic mass is 9.99. The summed E-state index contributed by atoms with van der Waals surface area (Å²) in [5, 5.41) is 15.4. The smallest absolute Gasteiger partial charge is 0.417 e. The second-order valence-corrected chi connectivity index (χ2v) is 15.0. The van der Waals surface area contributed by atoms with E-state index in [1.54, 1.807) is 0 Å². The van der Waals surface area contributed by atoms with Crippen LogP contribution < -0.4 is 25.2 Å². The first-order valence-electron chi connectivity index (χ1n) is 18.9. The van der Waals surface area contributed by atoms with Crippen molar-refractivity contribution in [2.75, 3.05) is 36.2 Å². The Morgan fingerprint density at radius 3 is 2.45 bits per heavy atom. The summed E-state index contributed by atoms with van der Waals surface area (Å²) in [5.41, 5.74) is 1.13. The Kier molecular flexibility index (Phi) is 11.6. The minimum absolute atomic E-state index is 0.0797. The van der Waals surface area contributed by atoms with Gasteiger partial charge in [-0.1, -0.05) is 24.3 Å². The lowest BCUT2D eigenvalue weighted by Gasteiger charge is -2.29. The van der Waals surface area contributed by atoms with Crippen LogP contribution in [0.25, 0.3) is 22.2 Å². The van der Waals surface area contributed by atoms with Gasteiger partial charge in [-0.25, -0.2) is 8.78 Å². The van der Waals surface area contributed by atoms with Crippen molar-refractivity contribution in [1.29, 1.82) is 5.26 Å². The Morgan fingerprint density at radius 1 is 0.983 bits per heavy atom. The van der Waals surface area contributed by atoms with Crippen molar-refractivity contribution in [3.63, 3.8) is 0 Å². The number of nitriles is 1. The number of alkyl halides is 3. The van der Waals surface area contributed by atoms with Gasteiger partial charge >= 0.3 is 6.18 Å². The quantitative estimate of drug-likeness (QED) is 0.0623. The SMILES string of the molecule is CC1(C)C(=O)N(c2ccc(C#N)c(C(F)(F)F)c2)C(=S)N1c1ccc(OCCCOCCC(=O)NCc2ccc(-c3[nH]c4cc(F)cc5c4c3CCNC5=O)cc2)c(F)c1. The van der Waals surface area contributed by atoms with Crippen molar-refractivity contribution in [3.05, 3.63) is 112 Å². The number of thiocarbonyl (C=S) groups is 1. The van der Waals surface area contributed by atoms with E-state index in [0.29, 0.717) is 43.1 Å². The highest BCUT2D eigenvalue weighted by Crippen LogP contribution is 2.41. The molecular weight excluding hydrogens is 808 g/mol. The van der Waals surface area contributed by atoms with E-state index in [0.717, 1.165) is 44.8 Å². The first-order valence-corrected chi connectivity index (χ1v) is 19.3. The summed E-state index contributed by atoms with van der Waals surface area (Å²) in [6.45, 7) is 4.22. The molecule has 0 aliphatic carbocycles. The van der Waals surface area contributed by atoms with Crippen LogP contribution in [0.1, 0.15) is 59.3 Å². The number of benzene rings is 4. The summed E-state index contributed by atoms with van der Waals surface area (Å²) in [5.74, 6) is -2.50. The Labute approximate surface area is 346 Å². The highest BCUT2D eigenvalue weighted by atomic mass is 32.1. The predicted octanol–water partition coefficient (Wildman–Crippen LogP) is 7.70. The monoisotopic (exact) mass is 844 g/mol. The van der Waals surface area contributed by atoms with Crippen molar-refractivity contribution >= 4 is 57.3 Å². The summed E-state index contributed by atoms with van der Waals surface area (Å²) in [6.07, 6.45) is -3.76. The highest BCUT2D eigenvalue weighted by molar-refractivity contribution is 7.81. The molecule has 7 rings (SSSR count). The zero-order valence-corrected chi connectivity index (χ0v) is 33.1. The van der Waals surface area contributed by atoms with Gasteiger partial charge in [0, 0.05) is 60.9 Å². The zero-order chi connectivity index (χ0) is 42.9. The van der Waals surface area contributed by atoms with Crippen LogP contribution >= 0.6 is 12.2 Å². The molecule has 0 spiro atoms. The number of rotatable bonds is 13. The average Bonchev–Trinajstić information content (AvgIpc) is 3.58. The molecule has 1 saturated heterocycles. The lowest BCUT2D eigenvalue weighted by Crippen LogP contribution is -2.44. The molecule has 0 atom stereocenters. The van der Waals surface area contributed by atoms with Gasteiger partial charge in [0.1, 0.15) is 11.4 Å². The van der Waals surface area contributed by atoms with Gasteiger partial charge in [-0.15, -0.1) is 0 Å². The highest BCUT2D eigenvalue weighted by Gasteiger charge is 2.51. The van der Waals surface area contributed by atoms with Crippen molar-refractivity contribution in [2.24, 2.45) is 0 Å². The van der Waals surface area contributed by atoms with Crippen LogP contribution in [0.2, 0.25) is 0 Å².